The molecule has 122 valence electrons. The topological polar surface area (TPSA) is 66.0 Å². The summed E-state index contributed by atoms with van der Waals surface area (Å²) in [4.78, 5) is 16.7. The van der Waals surface area contributed by atoms with Crippen molar-refractivity contribution >= 4 is 23.0 Å². The summed E-state index contributed by atoms with van der Waals surface area (Å²) >= 11 is 0. The lowest BCUT2D eigenvalue weighted by atomic mass is 9.92. The van der Waals surface area contributed by atoms with E-state index in [0.717, 1.165) is 33.8 Å². The van der Waals surface area contributed by atoms with Crippen molar-refractivity contribution in [2.24, 2.45) is 0 Å². The van der Waals surface area contributed by atoms with E-state index in [1.54, 1.807) is 6.20 Å². The number of nitrogens with zero attached hydrogens (tertiary/aromatic N) is 1. The Kier molecular flexibility index (Phi) is 3.00. The lowest BCUT2D eigenvalue weighted by Gasteiger charge is -2.12. The summed E-state index contributed by atoms with van der Waals surface area (Å²) in [7, 11) is 0. The van der Waals surface area contributed by atoms with Crippen LogP contribution in [-0.4, -0.2) is 10.9 Å². The van der Waals surface area contributed by atoms with E-state index in [9.17, 15) is 4.79 Å². The molecule has 0 saturated carbocycles. The second-order valence-electron chi connectivity index (χ2n) is 6.33. The van der Waals surface area contributed by atoms with Crippen LogP contribution in [-0.2, 0) is 4.79 Å². The minimum Gasteiger partial charge on any atom is -0.360 e. The lowest BCUT2D eigenvalue weighted by Crippen LogP contribution is -2.13. The number of carbonyl (C=O) groups is 1. The fraction of sp³-hybridized carbons (Fsp3) is 0.100. The molecule has 0 aliphatic carbocycles. The minimum absolute atomic E-state index is 0.0166. The summed E-state index contributed by atoms with van der Waals surface area (Å²) in [6.07, 6.45) is 3.59. The first kappa shape index (κ1) is 14.0. The van der Waals surface area contributed by atoms with Crippen LogP contribution in [0.4, 0.5) is 17.1 Å². The van der Waals surface area contributed by atoms with Gasteiger partial charge >= 0.3 is 0 Å². The van der Waals surface area contributed by atoms with Gasteiger partial charge < -0.3 is 16.0 Å². The van der Waals surface area contributed by atoms with Crippen LogP contribution in [0.3, 0.4) is 0 Å². The van der Waals surface area contributed by atoms with Crippen LogP contribution in [0.1, 0.15) is 28.8 Å². The monoisotopic (exact) mass is 328 g/mol. The Bertz CT molecular complexity index is 956. The maximum atomic E-state index is 12.5. The van der Waals surface area contributed by atoms with Gasteiger partial charge in [-0.05, 0) is 29.3 Å². The first-order valence-electron chi connectivity index (χ1n) is 8.26. The molecule has 5 heteroatoms. The van der Waals surface area contributed by atoms with E-state index in [2.05, 4.69) is 27.0 Å². The van der Waals surface area contributed by atoms with Crippen LogP contribution in [0.15, 0.2) is 67.0 Å². The van der Waals surface area contributed by atoms with Crippen molar-refractivity contribution in [3.63, 3.8) is 0 Å². The maximum absolute atomic E-state index is 12.5. The zero-order valence-electron chi connectivity index (χ0n) is 13.4. The van der Waals surface area contributed by atoms with Gasteiger partial charge in [0.15, 0.2) is 0 Å². The van der Waals surface area contributed by atoms with Gasteiger partial charge in [0.25, 0.3) is 0 Å². The Hall–Kier alpha value is -3.34. The van der Waals surface area contributed by atoms with Crippen molar-refractivity contribution < 1.29 is 4.79 Å². The molecule has 25 heavy (non-hydrogen) atoms. The fourth-order valence-electron chi connectivity index (χ4n) is 3.59. The normalized spacial score (nSPS) is 20.2. The van der Waals surface area contributed by atoms with E-state index < -0.39 is 0 Å². The standard InChI is InChI=1S/C20H16N4O/c25-20-18(12-5-2-1-3-6-12)14-9-16-17(10-15(14)24-20)23-19(22-16)13-7-4-8-21-11-13/h1-11,18-19,22-23H,(H,24,25). The Morgan fingerprint density at radius 2 is 1.60 bits per heavy atom. The zero-order chi connectivity index (χ0) is 16.8. The third kappa shape index (κ3) is 2.24. The molecule has 0 spiro atoms. The highest BCUT2D eigenvalue weighted by Crippen LogP contribution is 2.45. The number of rotatable bonds is 2. The van der Waals surface area contributed by atoms with Crippen molar-refractivity contribution in [2.75, 3.05) is 16.0 Å². The Morgan fingerprint density at radius 3 is 2.36 bits per heavy atom. The molecule has 2 unspecified atom stereocenters. The number of anilines is 3. The van der Waals surface area contributed by atoms with Crippen LogP contribution in [0.25, 0.3) is 0 Å². The predicted octanol–water partition coefficient (Wildman–Crippen LogP) is 3.70. The van der Waals surface area contributed by atoms with Crippen LogP contribution in [0.5, 0.6) is 0 Å². The van der Waals surface area contributed by atoms with Gasteiger partial charge in [-0.1, -0.05) is 36.4 Å². The second kappa shape index (κ2) is 5.34. The highest BCUT2D eigenvalue weighted by molar-refractivity contribution is 6.06. The summed E-state index contributed by atoms with van der Waals surface area (Å²) in [6.45, 7) is 0. The molecular weight excluding hydrogens is 312 g/mol. The number of nitrogens with one attached hydrogen (secondary N) is 3. The molecular formula is C20H16N4O. The van der Waals surface area contributed by atoms with Gasteiger partial charge in [0.2, 0.25) is 5.91 Å². The number of hydrogen-bond donors (Lipinski definition) is 3. The fourth-order valence-corrected chi connectivity index (χ4v) is 3.59. The molecule has 0 fully saturated rings. The van der Waals surface area contributed by atoms with E-state index in [4.69, 9.17) is 0 Å². The number of benzene rings is 2. The van der Waals surface area contributed by atoms with Gasteiger partial charge in [0.1, 0.15) is 6.17 Å². The predicted molar refractivity (Wildman–Crippen MR) is 97.6 cm³/mol. The molecule has 0 radical (unpaired) electrons. The molecule has 2 aromatic carbocycles. The summed E-state index contributed by atoms with van der Waals surface area (Å²) in [5.41, 5.74) is 5.96. The van der Waals surface area contributed by atoms with Gasteiger partial charge in [-0.15, -0.1) is 0 Å². The summed E-state index contributed by atoms with van der Waals surface area (Å²) < 4.78 is 0. The molecule has 3 aromatic rings. The van der Waals surface area contributed by atoms with Crippen LogP contribution in [0.2, 0.25) is 0 Å². The van der Waals surface area contributed by atoms with Crippen LogP contribution >= 0.6 is 0 Å². The second-order valence-corrected chi connectivity index (χ2v) is 6.33. The number of hydrogen-bond acceptors (Lipinski definition) is 4. The molecule has 5 rings (SSSR count). The third-order valence-electron chi connectivity index (χ3n) is 4.77. The number of aromatic nitrogens is 1. The summed E-state index contributed by atoms with van der Waals surface area (Å²) in [5, 5.41) is 9.94. The van der Waals surface area contributed by atoms with Gasteiger partial charge in [0.05, 0.1) is 17.3 Å². The zero-order valence-corrected chi connectivity index (χ0v) is 13.4. The highest BCUT2D eigenvalue weighted by Gasteiger charge is 2.34. The largest absolute Gasteiger partial charge is 0.360 e. The third-order valence-corrected chi connectivity index (χ3v) is 4.77. The number of carbonyl (C=O) groups excluding carboxylic acids is 1. The van der Waals surface area contributed by atoms with E-state index >= 15 is 0 Å². The van der Waals surface area contributed by atoms with Crippen LogP contribution in [0, 0.1) is 0 Å². The summed E-state index contributed by atoms with van der Waals surface area (Å²) in [6, 6.07) is 17.9. The molecule has 0 saturated heterocycles. The molecule has 2 atom stereocenters. The van der Waals surface area contributed by atoms with Crippen molar-refractivity contribution in [3.8, 4) is 0 Å². The highest BCUT2D eigenvalue weighted by atomic mass is 16.2. The Balaban J connectivity index is 1.52. The average Bonchev–Trinajstić information content (AvgIpc) is 3.20. The molecule has 0 bridgehead atoms. The first-order valence-corrected chi connectivity index (χ1v) is 8.26. The van der Waals surface area contributed by atoms with Gasteiger partial charge in [-0.2, -0.15) is 0 Å². The average molecular weight is 328 g/mol. The number of fused-ring (bicyclic) bond motifs is 2. The van der Waals surface area contributed by atoms with Gasteiger partial charge in [-0.3, -0.25) is 9.78 Å². The molecule has 1 amide bonds. The maximum Gasteiger partial charge on any atom is 0.236 e. The molecule has 2 aliphatic heterocycles. The molecule has 1 aromatic heterocycles. The van der Waals surface area contributed by atoms with Crippen molar-refractivity contribution in [1.82, 2.24) is 4.98 Å². The van der Waals surface area contributed by atoms with Gasteiger partial charge in [-0.25, -0.2) is 0 Å². The SMILES string of the molecule is O=C1Nc2cc3c(cc2C1c1ccccc1)NC(c1cccnc1)N3. The quantitative estimate of drug-likeness (QED) is 0.671. The van der Waals surface area contributed by atoms with Crippen molar-refractivity contribution in [3.05, 3.63) is 83.7 Å². The van der Waals surface area contributed by atoms with Crippen molar-refractivity contribution in [2.45, 2.75) is 12.1 Å². The Labute approximate surface area is 145 Å². The van der Waals surface area contributed by atoms with Gasteiger partial charge in [0, 0.05) is 23.6 Å². The van der Waals surface area contributed by atoms with E-state index in [1.807, 2.05) is 54.7 Å². The Morgan fingerprint density at radius 1 is 0.840 bits per heavy atom. The number of amides is 1. The van der Waals surface area contributed by atoms with Crippen molar-refractivity contribution in [1.29, 1.82) is 0 Å². The van der Waals surface area contributed by atoms with E-state index in [1.165, 1.54) is 0 Å². The molecule has 5 nitrogen and oxygen atoms in total. The molecule has 3 N–H and O–H groups in total. The molecule has 3 heterocycles. The lowest BCUT2D eigenvalue weighted by molar-refractivity contribution is -0.116. The van der Waals surface area contributed by atoms with E-state index in [-0.39, 0.29) is 18.0 Å². The van der Waals surface area contributed by atoms with Crippen LogP contribution < -0.4 is 16.0 Å². The first-order chi connectivity index (χ1) is 12.3. The van der Waals surface area contributed by atoms with E-state index in [0.29, 0.717) is 0 Å². The smallest absolute Gasteiger partial charge is 0.236 e. The summed E-state index contributed by atoms with van der Waals surface area (Å²) in [5.74, 6) is -0.241. The molecule has 2 aliphatic rings. The minimum atomic E-state index is -0.263. The number of pyridine rings is 1.